The van der Waals surface area contributed by atoms with Gasteiger partial charge < -0.3 is 4.98 Å². The van der Waals surface area contributed by atoms with Gasteiger partial charge in [0.1, 0.15) is 0 Å². The molecule has 2 rings (SSSR count). The van der Waals surface area contributed by atoms with Gasteiger partial charge in [0, 0.05) is 16.8 Å². The van der Waals surface area contributed by atoms with Crippen LogP contribution in [0.2, 0.25) is 0 Å². The summed E-state index contributed by atoms with van der Waals surface area (Å²) in [5.74, 6) is 0. The SMILES string of the molecule is CC.CC(C)(C)c1ccc(C2=CCCC=C2)[nH]1. The summed E-state index contributed by atoms with van der Waals surface area (Å²) < 4.78 is 0. The van der Waals surface area contributed by atoms with Crippen molar-refractivity contribution in [1.29, 1.82) is 0 Å². The minimum atomic E-state index is 0.206. The molecule has 1 aromatic rings. The average molecular weight is 231 g/mol. The van der Waals surface area contributed by atoms with Crippen molar-refractivity contribution >= 4 is 5.57 Å². The molecule has 1 N–H and O–H groups in total. The molecule has 0 radical (unpaired) electrons. The summed E-state index contributed by atoms with van der Waals surface area (Å²) >= 11 is 0. The van der Waals surface area contributed by atoms with Crippen molar-refractivity contribution in [2.75, 3.05) is 0 Å². The van der Waals surface area contributed by atoms with Crippen molar-refractivity contribution in [2.45, 2.75) is 52.9 Å². The third-order valence-electron chi connectivity index (χ3n) is 2.80. The van der Waals surface area contributed by atoms with Crippen molar-refractivity contribution in [1.82, 2.24) is 4.98 Å². The molecule has 0 saturated carbocycles. The minimum Gasteiger partial charge on any atom is -0.358 e. The Labute approximate surface area is 106 Å². The molecular formula is C16H25N. The fraction of sp³-hybridized carbons (Fsp3) is 0.500. The van der Waals surface area contributed by atoms with E-state index in [4.69, 9.17) is 0 Å². The van der Waals surface area contributed by atoms with Crippen LogP contribution in [0.3, 0.4) is 0 Å². The van der Waals surface area contributed by atoms with Crippen LogP contribution < -0.4 is 0 Å². The van der Waals surface area contributed by atoms with E-state index in [1.165, 1.54) is 23.4 Å². The number of hydrogen-bond acceptors (Lipinski definition) is 0. The second-order valence-corrected chi connectivity index (χ2v) is 5.17. The van der Waals surface area contributed by atoms with E-state index in [-0.39, 0.29) is 5.41 Å². The summed E-state index contributed by atoms with van der Waals surface area (Å²) in [5, 5.41) is 0. The van der Waals surface area contributed by atoms with Crippen LogP contribution in [0, 0.1) is 0 Å². The van der Waals surface area contributed by atoms with Crippen molar-refractivity contribution in [3.05, 3.63) is 41.7 Å². The third kappa shape index (κ3) is 3.62. The Morgan fingerprint density at radius 1 is 1.06 bits per heavy atom. The lowest BCUT2D eigenvalue weighted by Crippen LogP contribution is -2.11. The van der Waals surface area contributed by atoms with Gasteiger partial charge in [-0.1, -0.05) is 52.8 Å². The molecule has 1 aliphatic rings. The Hall–Kier alpha value is -1.24. The molecule has 0 aromatic carbocycles. The second kappa shape index (κ2) is 5.90. The van der Waals surface area contributed by atoms with E-state index in [0.717, 1.165) is 6.42 Å². The van der Waals surface area contributed by atoms with Gasteiger partial charge >= 0.3 is 0 Å². The Bertz CT molecular complexity index is 399. The summed E-state index contributed by atoms with van der Waals surface area (Å²) in [6, 6.07) is 4.38. The van der Waals surface area contributed by atoms with E-state index in [1.807, 2.05) is 13.8 Å². The molecular weight excluding hydrogens is 206 g/mol. The highest BCUT2D eigenvalue weighted by molar-refractivity contribution is 5.72. The molecule has 17 heavy (non-hydrogen) atoms. The van der Waals surface area contributed by atoms with Gasteiger partial charge in [-0.2, -0.15) is 0 Å². The lowest BCUT2D eigenvalue weighted by Gasteiger charge is -2.16. The van der Waals surface area contributed by atoms with E-state index in [1.54, 1.807) is 0 Å². The quantitative estimate of drug-likeness (QED) is 0.694. The van der Waals surface area contributed by atoms with Crippen molar-refractivity contribution in [2.24, 2.45) is 0 Å². The maximum absolute atomic E-state index is 3.50. The molecule has 0 bridgehead atoms. The zero-order valence-corrected chi connectivity index (χ0v) is 11.8. The average Bonchev–Trinajstić information content (AvgIpc) is 2.82. The van der Waals surface area contributed by atoms with E-state index in [2.05, 4.69) is 56.1 Å². The molecule has 0 spiro atoms. The predicted molar refractivity (Wildman–Crippen MR) is 77.2 cm³/mol. The standard InChI is InChI=1S/C14H19N.C2H6/c1-14(2,3)13-10-9-12(15-13)11-7-5-4-6-8-11;1-2/h5,7-10,15H,4,6H2,1-3H3;1-2H3. The van der Waals surface area contributed by atoms with Crippen LogP contribution >= 0.6 is 0 Å². The van der Waals surface area contributed by atoms with Crippen molar-refractivity contribution in [3.63, 3.8) is 0 Å². The molecule has 1 aliphatic carbocycles. The molecule has 0 atom stereocenters. The Morgan fingerprint density at radius 2 is 1.76 bits per heavy atom. The topological polar surface area (TPSA) is 15.8 Å². The Morgan fingerprint density at radius 3 is 2.24 bits per heavy atom. The lowest BCUT2D eigenvalue weighted by molar-refractivity contribution is 0.572. The molecule has 1 heteroatoms. The Balaban J connectivity index is 0.000000686. The highest BCUT2D eigenvalue weighted by Gasteiger charge is 2.16. The molecule has 0 fully saturated rings. The van der Waals surface area contributed by atoms with Crippen molar-refractivity contribution in [3.8, 4) is 0 Å². The fourth-order valence-corrected chi connectivity index (χ4v) is 1.81. The first-order chi connectivity index (χ1) is 8.07. The van der Waals surface area contributed by atoms with Gasteiger partial charge in [0.2, 0.25) is 0 Å². The van der Waals surface area contributed by atoms with Gasteiger partial charge in [-0.05, 0) is 30.5 Å². The van der Waals surface area contributed by atoms with Crippen LogP contribution in [0.4, 0.5) is 0 Å². The van der Waals surface area contributed by atoms with Gasteiger partial charge in [0.05, 0.1) is 0 Å². The second-order valence-electron chi connectivity index (χ2n) is 5.17. The largest absolute Gasteiger partial charge is 0.358 e. The maximum Gasteiger partial charge on any atom is 0.0452 e. The number of aromatic nitrogens is 1. The van der Waals surface area contributed by atoms with Crippen LogP contribution in [0.1, 0.15) is 58.8 Å². The van der Waals surface area contributed by atoms with Gasteiger partial charge in [0.25, 0.3) is 0 Å². The first kappa shape index (κ1) is 13.8. The van der Waals surface area contributed by atoms with E-state index < -0.39 is 0 Å². The van der Waals surface area contributed by atoms with Crippen LogP contribution in [0.25, 0.3) is 5.57 Å². The molecule has 0 saturated heterocycles. The zero-order chi connectivity index (χ0) is 12.9. The van der Waals surface area contributed by atoms with Gasteiger partial charge in [-0.3, -0.25) is 0 Å². The molecule has 1 nitrogen and oxygen atoms in total. The van der Waals surface area contributed by atoms with Crippen LogP contribution in [-0.2, 0) is 5.41 Å². The number of hydrogen-bond donors (Lipinski definition) is 1. The van der Waals surface area contributed by atoms with Crippen molar-refractivity contribution < 1.29 is 0 Å². The summed E-state index contributed by atoms with van der Waals surface area (Å²) in [7, 11) is 0. The molecule has 94 valence electrons. The van der Waals surface area contributed by atoms with Gasteiger partial charge in [-0.15, -0.1) is 0 Å². The molecule has 0 amide bonds. The van der Waals surface area contributed by atoms with Gasteiger partial charge in [0.15, 0.2) is 0 Å². The summed E-state index contributed by atoms with van der Waals surface area (Å²) in [6.45, 7) is 10.7. The third-order valence-corrected chi connectivity index (χ3v) is 2.80. The molecule has 0 unspecified atom stereocenters. The number of aromatic amines is 1. The number of rotatable bonds is 1. The smallest absolute Gasteiger partial charge is 0.0452 e. The number of H-pyrrole nitrogens is 1. The van der Waals surface area contributed by atoms with Crippen LogP contribution in [-0.4, -0.2) is 4.98 Å². The van der Waals surface area contributed by atoms with Crippen LogP contribution in [0.5, 0.6) is 0 Å². The summed E-state index contributed by atoms with van der Waals surface area (Å²) in [5.41, 5.74) is 4.09. The summed E-state index contributed by atoms with van der Waals surface area (Å²) in [4.78, 5) is 3.50. The molecule has 1 heterocycles. The first-order valence-corrected chi connectivity index (χ1v) is 6.64. The first-order valence-electron chi connectivity index (χ1n) is 6.64. The van der Waals surface area contributed by atoms with Crippen LogP contribution in [0.15, 0.2) is 30.4 Å². The Kier molecular flexibility index (Phi) is 4.80. The highest BCUT2D eigenvalue weighted by atomic mass is 14.7. The van der Waals surface area contributed by atoms with E-state index in [9.17, 15) is 0 Å². The number of allylic oxidation sites excluding steroid dienone is 4. The monoisotopic (exact) mass is 231 g/mol. The highest BCUT2D eigenvalue weighted by Crippen LogP contribution is 2.25. The predicted octanol–water partition coefficient (Wildman–Crippen LogP) is 5.07. The zero-order valence-electron chi connectivity index (χ0n) is 11.8. The lowest BCUT2D eigenvalue weighted by atomic mass is 9.93. The normalized spacial score (nSPS) is 15.0. The fourth-order valence-electron chi connectivity index (χ4n) is 1.81. The minimum absolute atomic E-state index is 0.206. The maximum atomic E-state index is 3.50. The van der Waals surface area contributed by atoms with E-state index >= 15 is 0 Å². The number of nitrogens with one attached hydrogen (secondary N) is 1. The summed E-state index contributed by atoms with van der Waals surface area (Å²) in [6.07, 6.45) is 9.10. The van der Waals surface area contributed by atoms with E-state index in [0.29, 0.717) is 0 Å². The molecule has 1 aromatic heterocycles. The molecule has 0 aliphatic heterocycles. The van der Waals surface area contributed by atoms with Gasteiger partial charge in [-0.25, -0.2) is 0 Å².